The molecule has 1 aliphatic rings. The number of halogens is 4. The van der Waals surface area contributed by atoms with Crippen molar-refractivity contribution in [2.24, 2.45) is 0 Å². The second-order valence-electron chi connectivity index (χ2n) is 4.04. The molecule has 0 bridgehead atoms. The number of hydrogen-bond donors (Lipinski definition) is 1. The van der Waals surface area contributed by atoms with Crippen molar-refractivity contribution in [1.29, 1.82) is 0 Å². The molecule has 1 heterocycles. The number of aliphatic hydroxyl groups excluding tert-OH is 1. The van der Waals surface area contributed by atoms with Crippen molar-refractivity contribution in [3.05, 3.63) is 23.3 Å². The Kier molecular flexibility index (Phi) is 3.33. The molecule has 1 aromatic carbocycles. The standard InChI is InChI=1S/C11H11ClF3NO2/c1-6-4-7(18-11(13,14)15)5-9-8(6)2-3-16(9)10(12)17/h4-5,10,17H,2-3H2,1H3. The van der Waals surface area contributed by atoms with Crippen LogP contribution in [0.4, 0.5) is 18.9 Å². The van der Waals surface area contributed by atoms with E-state index in [0.717, 1.165) is 5.56 Å². The third kappa shape index (κ3) is 2.64. The molecule has 1 atom stereocenters. The SMILES string of the molecule is Cc1cc(OC(F)(F)F)cc2c1CCN2C(O)Cl. The Hall–Kier alpha value is -1.14. The summed E-state index contributed by atoms with van der Waals surface area (Å²) in [5.41, 5.74) is 0.791. The largest absolute Gasteiger partial charge is 0.573 e. The second kappa shape index (κ2) is 4.51. The lowest BCUT2D eigenvalue weighted by Gasteiger charge is -2.21. The Morgan fingerprint density at radius 2 is 2.11 bits per heavy atom. The minimum absolute atomic E-state index is 0.303. The molecular weight excluding hydrogens is 271 g/mol. The second-order valence-corrected chi connectivity index (χ2v) is 4.43. The zero-order valence-electron chi connectivity index (χ0n) is 9.46. The van der Waals surface area contributed by atoms with E-state index >= 15 is 0 Å². The van der Waals surface area contributed by atoms with Gasteiger partial charge in [0.15, 0.2) is 0 Å². The van der Waals surface area contributed by atoms with Crippen molar-refractivity contribution < 1.29 is 23.0 Å². The van der Waals surface area contributed by atoms with Gasteiger partial charge >= 0.3 is 6.36 Å². The lowest BCUT2D eigenvalue weighted by atomic mass is 10.1. The molecule has 1 aliphatic heterocycles. The number of hydrogen-bond acceptors (Lipinski definition) is 3. The van der Waals surface area contributed by atoms with E-state index in [1.807, 2.05) is 0 Å². The summed E-state index contributed by atoms with van der Waals surface area (Å²) in [4.78, 5) is 1.42. The van der Waals surface area contributed by atoms with Crippen LogP contribution in [0.3, 0.4) is 0 Å². The predicted octanol–water partition coefficient (Wildman–Crippen LogP) is 2.77. The van der Waals surface area contributed by atoms with Gasteiger partial charge in [0.25, 0.3) is 0 Å². The molecule has 7 heteroatoms. The first kappa shape index (κ1) is 13.3. The molecular formula is C11H11ClF3NO2. The molecule has 2 rings (SSSR count). The van der Waals surface area contributed by atoms with E-state index in [1.165, 1.54) is 17.0 Å². The molecule has 18 heavy (non-hydrogen) atoms. The molecule has 0 saturated heterocycles. The summed E-state index contributed by atoms with van der Waals surface area (Å²) in [7, 11) is 0. The highest BCUT2D eigenvalue weighted by atomic mass is 35.5. The first-order chi connectivity index (χ1) is 8.28. The highest BCUT2D eigenvalue weighted by Crippen LogP contribution is 2.37. The zero-order valence-corrected chi connectivity index (χ0v) is 10.2. The maximum Gasteiger partial charge on any atom is 0.573 e. The van der Waals surface area contributed by atoms with Crippen LogP contribution < -0.4 is 9.64 Å². The Balaban J connectivity index is 2.38. The maximum absolute atomic E-state index is 12.2. The maximum atomic E-state index is 12.2. The van der Waals surface area contributed by atoms with Crippen LogP contribution in [0, 0.1) is 6.92 Å². The molecule has 0 aliphatic carbocycles. The van der Waals surface area contributed by atoms with Crippen LogP contribution in [0.2, 0.25) is 0 Å². The predicted molar refractivity (Wildman–Crippen MR) is 60.8 cm³/mol. The number of nitrogens with zero attached hydrogens (tertiary/aromatic N) is 1. The number of aryl methyl sites for hydroxylation is 1. The van der Waals surface area contributed by atoms with E-state index in [0.29, 0.717) is 24.2 Å². The lowest BCUT2D eigenvalue weighted by molar-refractivity contribution is -0.274. The van der Waals surface area contributed by atoms with E-state index in [2.05, 4.69) is 4.74 Å². The molecule has 3 nitrogen and oxygen atoms in total. The third-order valence-corrected chi connectivity index (χ3v) is 3.06. The van der Waals surface area contributed by atoms with Crippen LogP contribution in [-0.2, 0) is 6.42 Å². The first-order valence-corrected chi connectivity index (χ1v) is 5.69. The van der Waals surface area contributed by atoms with Crippen molar-refractivity contribution >= 4 is 17.3 Å². The van der Waals surface area contributed by atoms with Crippen LogP contribution in [0.25, 0.3) is 0 Å². The fourth-order valence-corrected chi connectivity index (χ4v) is 2.32. The Labute approximate surface area is 107 Å². The van der Waals surface area contributed by atoms with E-state index in [9.17, 15) is 18.3 Å². The summed E-state index contributed by atoms with van der Waals surface area (Å²) >= 11 is 5.57. The normalized spacial score (nSPS) is 16.7. The number of rotatable bonds is 2. The van der Waals surface area contributed by atoms with Crippen molar-refractivity contribution in [2.45, 2.75) is 25.4 Å². The van der Waals surface area contributed by atoms with Gasteiger partial charge in [-0.1, -0.05) is 11.6 Å². The molecule has 100 valence electrons. The van der Waals surface area contributed by atoms with Crippen LogP contribution in [-0.4, -0.2) is 23.7 Å². The van der Waals surface area contributed by atoms with Crippen LogP contribution >= 0.6 is 11.6 Å². The summed E-state index contributed by atoms with van der Waals surface area (Å²) < 4.78 is 40.4. The van der Waals surface area contributed by atoms with Crippen LogP contribution in [0.15, 0.2) is 12.1 Å². The van der Waals surface area contributed by atoms with E-state index in [4.69, 9.17) is 11.6 Å². The highest BCUT2D eigenvalue weighted by molar-refractivity contribution is 6.20. The van der Waals surface area contributed by atoms with Gasteiger partial charge in [-0.25, -0.2) is 0 Å². The number of aliphatic hydroxyl groups is 1. The monoisotopic (exact) mass is 281 g/mol. The van der Waals surface area contributed by atoms with Crippen molar-refractivity contribution in [3.8, 4) is 5.75 Å². The van der Waals surface area contributed by atoms with Crippen molar-refractivity contribution in [1.82, 2.24) is 0 Å². The minimum atomic E-state index is -4.73. The van der Waals surface area contributed by atoms with Gasteiger partial charge in [-0.2, -0.15) is 0 Å². The number of ether oxygens (including phenoxy) is 1. The van der Waals surface area contributed by atoms with E-state index in [1.54, 1.807) is 6.92 Å². The first-order valence-electron chi connectivity index (χ1n) is 5.26. The zero-order chi connectivity index (χ0) is 13.5. The van der Waals surface area contributed by atoms with Gasteiger partial charge in [-0.3, -0.25) is 0 Å². The quantitative estimate of drug-likeness (QED) is 0.668. The fraction of sp³-hybridized carbons (Fsp3) is 0.455. The van der Waals surface area contributed by atoms with Crippen molar-refractivity contribution in [3.63, 3.8) is 0 Å². The summed E-state index contributed by atoms with van der Waals surface area (Å²) in [6, 6.07) is 2.57. The molecule has 1 aromatic rings. The summed E-state index contributed by atoms with van der Waals surface area (Å²) in [5.74, 6) is -0.303. The Morgan fingerprint density at radius 3 is 2.67 bits per heavy atom. The number of benzene rings is 1. The van der Waals surface area contributed by atoms with Gasteiger partial charge in [0.2, 0.25) is 5.69 Å². The summed E-state index contributed by atoms with van der Waals surface area (Å²) in [6.07, 6.45) is -4.10. The number of alkyl halides is 4. The Bertz CT molecular complexity index is 462. The van der Waals surface area contributed by atoms with Gasteiger partial charge in [-0.05, 0) is 30.5 Å². The fourth-order valence-electron chi connectivity index (χ4n) is 2.11. The third-order valence-electron chi connectivity index (χ3n) is 2.83. The van der Waals surface area contributed by atoms with Crippen LogP contribution in [0.5, 0.6) is 5.75 Å². The van der Waals surface area contributed by atoms with Gasteiger partial charge in [0, 0.05) is 18.3 Å². The lowest BCUT2D eigenvalue weighted by Crippen LogP contribution is -2.28. The molecule has 1 unspecified atom stereocenters. The molecule has 0 saturated carbocycles. The minimum Gasteiger partial charge on any atom is -0.406 e. The number of anilines is 1. The van der Waals surface area contributed by atoms with E-state index in [-0.39, 0.29) is 5.75 Å². The molecule has 0 aromatic heterocycles. The topological polar surface area (TPSA) is 32.7 Å². The smallest absolute Gasteiger partial charge is 0.406 e. The molecule has 0 radical (unpaired) electrons. The molecule has 0 spiro atoms. The summed E-state index contributed by atoms with van der Waals surface area (Å²) in [6.45, 7) is 2.17. The average molecular weight is 282 g/mol. The average Bonchev–Trinajstić information content (AvgIpc) is 2.58. The molecule has 0 fully saturated rings. The van der Waals surface area contributed by atoms with Gasteiger partial charge in [0.05, 0.1) is 0 Å². The molecule has 1 N–H and O–H groups in total. The Morgan fingerprint density at radius 1 is 1.44 bits per heavy atom. The van der Waals surface area contributed by atoms with Crippen molar-refractivity contribution in [2.75, 3.05) is 11.4 Å². The summed E-state index contributed by atoms with van der Waals surface area (Å²) in [5, 5.41) is 9.34. The van der Waals surface area contributed by atoms with E-state index < -0.39 is 12.0 Å². The highest BCUT2D eigenvalue weighted by Gasteiger charge is 2.33. The number of fused-ring (bicyclic) bond motifs is 1. The van der Waals surface area contributed by atoms with Crippen LogP contribution in [0.1, 0.15) is 11.1 Å². The van der Waals surface area contributed by atoms with Gasteiger partial charge in [0.1, 0.15) is 5.75 Å². The molecule has 0 amide bonds. The van der Waals surface area contributed by atoms with Gasteiger partial charge in [-0.15, -0.1) is 13.2 Å². The van der Waals surface area contributed by atoms with Gasteiger partial charge < -0.3 is 14.7 Å².